The Morgan fingerprint density at radius 1 is 1.40 bits per heavy atom. The molecule has 2 atom stereocenters. The van der Waals surface area contributed by atoms with Gasteiger partial charge < -0.3 is 4.90 Å². The zero-order chi connectivity index (χ0) is 10.8. The number of hydrogen-bond donors (Lipinski definition) is 0. The first-order valence-corrected chi connectivity index (χ1v) is 6.35. The van der Waals surface area contributed by atoms with Crippen LogP contribution in [0.4, 0.5) is 5.82 Å². The Morgan fingerprint density at radius 3 is 2.87 bits per heavy atom. The molecule has 0 aliphatic carbocycles. The Kier molecular flexibility index (Phi) is 3.29. The Labute approximate surface area is 99.8 Å². The van der Waals surface area contributed by atoms with Crippen molar-refractivity contribution in [1.29, 1.82) is 0 Å². The predicted molar refractivity (Wildman–Crippen MR) is 67.1 cm³/mol. The second kappa shape index (κ2) is 4.52. The first-order valence-electron chi connectivity index (χ1n) is 5.56. The molecule has 0 N–H and O–H groups in total. The maximum atomic E-state index is 4.51. The lowest BCUT2D eigenvalue weighted by molar-refractivity contribution is 0.376. The monoisotopic (exact) mass is 268 g/mol. The van der Waals surface area contributed by atoms with E-state index in [4.69, 9.17) is 0 Å². The molecule has 1 aromatic rings. The van der Waals surface area contributed by atoms with E-state index in [0.29, 0.717) is 6.04 Å². The van der Waals surface area contributed by atoms with Gasteiger partial charge in [0.25, 0.3) is 0 Å². The SMILES string of the molecule is CC1CCN(c2cccc(Br)n2)C(C)C1. The lowest BCUT2D eigenvalue weighted by Gasteiger charge is -2.37. The van der Waals surface area contributed by atoms with Crippen LogP contribution < -0.4 is 4.90 Å². The van der Waals surface area contributed by atoms with Crippen molar-refractivity contribution >= 4 is 21.7 Å². The van der Waals surface area contributed by atoms with E-state index in [0.717, 1.165) is 22.9 Å². The summed E-state index contributed by atoms with van der Waals surface area (Å²) in [6.45, 7) is 5.76. The van der Waals surface area contributed by atoms with E-state index >= 15 is 0 Å². The molecule has 0 radical (unpaired) electrons. The summed E-state index contributed by atoms with van der Waals surface area (Å²) in [5.41, 5.74) is 0. The standard InChI is InChI=1S/C12H17BrN2/c1-9-6-7-15(10(2)8-9)12-5-3-4-11(13)14-12/h3-5,9-10H,6-8H2,1-2H3. The molecule has 1 saturated heterocycles. The van der Waals surface area contributed by atoms with Crippen molar-refractivity contribution in [3.05, 3.63) is 22.8 Å². The fraction of sp³-hybridized carbons (Fsp3) is 0.583. The summed E-state index contributed by atoms with van der Waals surface area (Å²) in [4.78, 5) is 6.92. The van der Waals surface area contributed by atoms with Crippen LogP contribution in [-0.2, 0) is 0 Å². The third-order valence-electron chi connectivity index (χ3n) is 3.13. The number of halogens is 1. The highest BCUT2D eigenvalue weighted by atomic mass is 79.9. The maximum absolute atomic E-state index is 4.51. The van der Waals surface area contributed by atoms with Crippen LogP contribution >= 0.6 is 15.9 Å². The molecule has 82 valence electrons. The van der Waals surface area contributed by atoms with Crippen LogP contribution in [-0.4, -0.2) is 17.6 Å². The summed E-state index contributed by atoms with van der Waals surface area (Å²) in [5, 5.41) is 0. The van der Waals surface area contributed by atoms with Gasteiger partial charge in [-0.05, 0) is 53.7 Å². The Bertz CT molecular complexity index is 340. The van der Waals surface area contributed by atoms with E-state index in [1.54, 1.807) is 0 Å². The maximum Gasteiger partial charge on any atom is 0.130 e. The third-order valence-corrected chi connectivity index (χ3v) is 3.57. The molecule has 1 aliphatic heterocycles. The molecule has 2 nitrogen and oxygen atoms in total. The van der Waals surface area contributed by atoms with Crippen LogP contribution in [0.3, 0.4) is 0 Å². The van der Waals surface area contributed by atoms with Gasteiger partial charge in [-0.2, -0.15) is 0 Å². The summed E-state index contributed by atoms with van der Waals surface area (Å²) in [5.74, 6) is 1.95. The average molecular weight is 269 g/mol. The third kappa shape index (κ3) is 2.51. The highest BCUT2D eigenvalue weighted by Crippen LogP contribution is 2.26. The number of anilines is 1. The van der Waals surface area contributed by atoms with Crippen molar-refractivity contribution in [1.82, 2.24) is 4.98 Å². The molecular formula is C12H17BrN2. The fourth-order valence-electron chi connectivity index (χ4n) is 2.31. The zero-order valence-electron chi connectivity index (χ0n) is 9.28. The molecular weight excluding hydrogens is 252 g/mol. The van der Waals surface area contributed by atoms with E-state index in [-0.39, 0.29) is 0 Å². The lowest BCUT2D eigenvalue weighted by Crippen LogP contribution is -2.40. The number of piperidine rings is 1. The Balaban J connectivity index is 2.17. The van der Waals surface area contributed by atoms with Crippen LogP contribution in [0.2, 0.25) is 0 Å². The van der Waals surface area contributed by atoms with E-state index in [9.17, 15) is 0 Å². The van der Waals surface area contributed by atoms with Crippen molar-refractivity contribution in [2.45, 2.75) is 32.7 Å². The summed E-state index contributed by atoms with van der Waals surface area (Å²) in [6.07, 6.45) is 2.55. The molecule has 0 bridgehead atoms. The number of rotatable bonds is 1. The number of aromatic nitrogens is 1. The van der Waals surface area contributed by atoms with E-state index in [2.05, 4.69) is 51.8 Å². The van der Waals surface area contributed by atoms with Gasteiger partial charge in [-0.15, -0.1) is 0 Å². The van der Waals surface area contributed by atoms with Crippen molar-refractivity contribution in [2.75, 3.05) is 11.4 Å². The molecule has 0 aromatic carbocycles. The lowest BCUT2D eigenvalue weighted by atomic mass is 9.93. The fourth-order valence-corrected chi connectivity index (χ4v) is 2.64. The van der Waals surface area contributed by atoms with E-state index in [1.807, 2.05) is 6.07 Å². The topological polar surface area (TPSA) is 16.1 Å². The van der Waals surface area contributed by atoms with Gasteiger partial charge in [-0.25, -0.2) is 4.98 Å². The smallest absolute Gasteiger partial charge is 0.130 e. The summed E-state index contributed by atoms with van der Waals surface area (Å²) < 4.78 is 0.922. The first-order chi connectivity index (χ1) is 7.16. The van der Waals surface area contributed by atoms with Crippen molar-refractivity contribution in [3.63, 3.8) is 0 Å². The predicted octanol–water partition coefficient (Wildman–Crippen LogP) is 3.47. The highest BCUT2D eigenvalue weighted by molar-refractivity contribution is 9.10. The van der Waals surface area contributed by atoms with Crippen LogP contribution in [0.1, 0.15) is 26.7 Å². The number of nitrogens with zero attached hydrogens (tertiary/aromatic N) is 2. The molecule has 0 amide bonds. The number of hydrogen-bond acceptors (Lipinski definition) is 2. The quantitative estimate of drug-likeness (QED) is 0.726. The van der Waals surface area contributed by atoms with Crippen LogP contribution in [0.15, 0.2) is 22.8 Å². The van der Waals surface area contributed by atoms with Gasteiger partial charge in [-0.1, -0.05) is 13.0 Å². The van der Waals surface area contributed by atoms with Gasteiger partial charge >= 0.3 is 0 Å². The highest BCUT2D eigenvalue weighted by Gasteiger charge is 2.23. The largest absolute Gasteiger partial charge is 0.354 e. The van der Waals surface area contributed by atoms with Gasteiger partial charge in [0.2, 0.25) is 0 Å². The van der Waals surface area contributed by atoms with Crippen molar-refractivity contribution in [3.8, 4) is 0 Å². The number of pyridine rings is 1. The van der Waals surface area contributed by atoms with E-state index in [1.165, 1.54) is 12.8 Å². The van der Waals surface area contributed by atoms with Crippen molar-refractivity contribution < 1.29 is 0 Å². The van der Waals surface area contributed by atoms with Crippen LogP contribution in [0.25, 0.3) is 0 Å². The minimum atomic E-state index is 0.607. The first kappa shape index (κ1) is 10.9. The normalized spacial score (nSPS) is 26.7. The van der Waals surface area contributed by atoms with Gasteiger partial charge in [0, 0.05) is 12.6 Å². The summed E-state index contributed by atoms with van der Waals surface area (Å²) >= 11 is 3.42. The van der Waals surface area contributed by atoms with Gasteiger partial charge in [-0.3, -0.25) is 0 Å². The molecule has 15 heavy (non-hydrogen) atoms. The summed E-state index contributed by atoms with van der Waals surface area (Å²) in [7, 11) is 0. The molecule has 1 aliphatic rings. The summed E-state index contributed by atoms with van der Waals surface area (Å²) in [6, 6.07) is 6.73. The Morgan fingerprint density at radius 2 is 2.20 bits per heavy atom. The molecule has 2 heterocycles. The van der Waals surface area contributed by atoms with E-state index < -0.39 is 0 Å². The minimum absolute atomic E-state index is 0.607. The molecule has 2 unspecified atom stereocenters. The second-order valence-corrected chi connectivity index (χ2v) is 5.30. The molecule has 0 saturated carbocycles. The zero-order valence-corrected chi connectivity index (χ0v) is 10.9. The van der Waals surface area contributed by atoms with Crippen LogP contribution in [0, 0.1) is 5.92 Å². The van der Waals surface area contributed by atoms with Crippen LogP contribution in [0.5, 0.6) is 0 Å². The van der Waals surface area contributed by atoms with Crippen molar-refractivity contribution in [2.24, 2.45) is 5.92 Å². The molecule has 3 heteroatoms. The molecule has 0 spiro atoms. The van der Waals surface area contributed by atoms with Gasteiger partial charge in [0.1, 0.15) is 10.4 Å². The molecule has 1 fully saturated rings. The molecule has 1 aromatic heterocycles. The van der Waals surface area contributed by atoms with Gasteiger partial charge in [0.05, 0.1) is 0 Å². The minimum Gasteiger partial charge on any atom is -0.354 e. The second-order valence-electron chi connectivity index (χ2n) is 4.49. The van der Waals surface area contributed by atoms with Gasteiger partial charge in [0.15, 0.2) is 0 Å². The Hall–Kier alpha value is -0.570. The molecule has 2 rings (SSSR count). The average Bonchev–Trinajstić information content (AvgIpc) is 2.17.